The van der Waals surface area contributed by atoms with E-state index < -0.39 is 17.0 Å². The summed E-state index contributed by atoms with van der Waals surface area (Å²) in [5.74, 6) is -0.618. The highest BCUT2D eigenvalue weighted by Crippen LogP contribution is 2.23. The van der Waals surface area contributed by atoms with E-state index in [1.165, 1.54) is 25.3 Å². The minimum Gasteiger partial charge on any atom is -0.465 e. The van der Waals surface area contributed by atoms with E-state index in [1.54, 1.807) is 0 Å². The number of nitro groups is 1. The average Bonchev–Trinajstić information content (AvgIpc) is 2.43. The molecule has 0 aliphatic rings. The molecule has 0 bridgehead atoms. The van der Waals surface area contributed by atoms with Crippen molar-refractivity contribution in [1.82, 2.24) is 0 Å². The van der Waals surface area contributed by atoms with E-state index in [2.05, 4.69) is 10.1 Å². The van der Waals surface area contributed by atoms with Crippen LogP contribution >= 0.6 is 11.6 Å². The molecule has 8 heteroatoms. The van der Waals surface area contributed by atoms with Crippen molar-refractivity contribution in [2.24, 2.45) is 0 Å². The van der Waals surface area contributed by atoms with Crippen LogP contribution in [0.15, 0.2) is 18.2 Å². The van der Waals surface area contributed by atoms with Crippen LogP contribution in [0.4, 0.5) is 11.4 Å². The molecule has 0 saturated heterocycles. The Morgan fingerprint density at radius 3 is 2.84 bits per heavy atom. The molecule has 7 nitrogen and oxygen atoms in total. The van der Waals surface area contributed by atoms with Crippen molar-refractivity contribution in [3.8, 4) is 0 Å². The SMILES string of the molecule is COC(=O)c1ccc([N+](=O)[O-])cc1NCC(O)CCl. The van der Waals surface area contributed by atoms with Crippen molar-refractivity contribution < 1.29 is 19.6 Å². The first-order valence-corrected chi connectivity index (χ1v) is 5.87. The number of hydrogen-bond acceptors (Lipinski definition) is 6. The van der Waals surface area contributed by atoms with Crippen LogP contribution in [0.5, 0.6) is 0 Å². The number of rotatable bonds is 6. The number of alkyl halides is 1. The van der Waals surface area contributed by atoms with Crippen LogP contribution in [0.1, 0.15) is 10.4 Å². The Balaban J connectivity index is 3.03. The fourth-order valence-electron chi connectivity index (χ4n) is 1.36. The number of benzene rings is 1. The molecule has 0 aliphatic heterocycles. The third kappa shape index (κ3) is 4.08. The van der Waals surface area contributed by atoms with Gasteiger partial charge in [-0.3, -0.25) is 10.1 Å². The van der Waals surface area contributed by atoms with Crippen molar-refractivity contribution in [2.45, 2.75) is 6.10 Å². The summed E-state index contributed by atoms with van der Waals surface area (Å²) in [6.07, 6.45) is -0.827. The number of nitro benzene ring substituents is 1. The van der Waals surface area contributed by atoms with Gasteiger partial charge in [-0.1, -0.05) is 0 Å². The van der Waals surface area contributed by atoms with Crippen molar-refractivity contribution in [1.29, 1.82) is 0 Å². The predicted molar refractivity (Wildman–Crippen MR) is 69.7 cm³/mol. The van der Waals surface area contributed by atoms with Gasteiger partial charge in [0.1, 0.15) is 0 Å². The van der Waals surface area contributed by atoms with Crippen LogP contribution < -0.4 is 5.32 Å². The first-order chi connectivity index (χ1) is 8.99. The normalized spacial score (nSPS) is 11.7. The van der Waals surface area contributed by atoms with Crippen LogP contribution in [0.2, 0.25) is 0 Å². The molecule has 1 aromatic carbocycles. The summed E-state index contributed by atoms with van der Waals surface area (Å²) in [4.78, 5) is 21.6. The van der Waals surface area contributed by atoms with Gasteiger partial charge in [0, 0.05) is 18.7 Å². The van der Waals surface area contributed by atoms with E-state index >= 15 is 0 Å². The Hall–Kier alpha value is -1.86. The quantitative estimate of drug-likeness (QED) is 0.355. The van der Waals surface area contributed by atoms with Gasteiger partial charge in [-0.15, -0.1) is 11.6 Å². The van der Waals surface area contributed by atoms with Crippen molar-refractivity contribution in [3.63, 3.8) is 0 Å². The van der Waals surface area contributed by atoms with E-state index in [9.17, 15) is 20.0 Å². The van der Waals surface area contributed by atoms with E-state index in [0.717, 1.165) is 0 Å². The molecule has 1 aromatic rings. The lowest BCUT2D eigenvalue weighted by Gasteiger charge is -2.12. The van der Waals surface area contributed by atoms with Gasteiger partial charge in [0.25, 0.3) is 5.69 Å². The fourth-order valence-corrected chi connectivity index (χ4v) is 1.47. The monoisotopic (exact) mass is 288 g/mol. The molecule has 0 fully saturated rings. The molecule has 0 saturated carbocycles. The maximum Gasteiger partial charge on any atom is 0.339 e. The fraction of sp³-hybridized carbons (Fsp3) is 0.364. The Labute approximate surface area is 114 Å². The molecule has 1 rings (SSSR count). The third-order valence-electron chi connectivity index (χ3n) is 2.33. The van der Waals surface area contributed by atoms with Crippen LogP contribution in [-0.4, -0.2) is 41.6 Å². The first kappa shape index (κ1) is 15.2. The predicted octanol–water partition coefficient (Wildman–Crippen LogP) is 1.39. The topological polar surface area (TPSA) is 102 Å². The molecule has 2 N–H and O–H groups in total. The highest BCUT2D eigenvalue weighted by atomic mass is 35.5. The highest BCUT2D eigenvalue weighted by molar-refractivity contribution is 6.18. The lowest BCUT2D eigenvalue weighted by Crippen LogP contribution is -2.22. The lowest BCUT2D eigenvalue weighted by atomic mass is 10.1. The summed E-state index contributed by atoms with van der Waals surface area (Å²) in [5, 5.41) is 22.8. The molecule has 0 heterocycles. The van der Waals surface area contributed by atoms with E-state index in [0.29, 0.717) is 0 Å². The number of methoxy groups -OCH3 is 1. The molecule has 104 valence electrons. The van der Waals surface area contributed by atoms with Gasteiger partial charge in [-0.25, -0.2) is 4.79 Å². The summed E-state index contributed by atoms with van der Waals surface area (Å²) >= 11 is 5.44. The standard InChI is InChI=1S/C11H13ClN2O5/c1-19-11(16)9-3-2-7(14(17)18)4-10(9)13-6-8(15)5-12/h2-4,8,13,15H,5-6H2,1H3. The number of nitrogens with zero attached hydrogens (tertiary/aromatic N) is 1. The molecule has 1 unspecified atom stereocenters. The average molecular weight is 289 g/mol. The molecular formula is C11H13ClN2O5. The Kier molecular flexibility index (Phi) is 5.53. The summed E-state index contributed by atoms with van der Waals surface area (Å²) < 4.78 is 4.57. The second kappa shape index (κ2) is 6.91. The van der Waals surface area contributed by atoms with E-state index in [1.807, 2.05) is 0 Å². The molecule has 0 aromatic heterocycles. The Bertz CT molecular complexity index is 480. The smallest absolute Gasteiger partial charge is 0.339 e. The zero-order valence-corrected chi connectivity index (χ0v) is 10.9. The molecule has 0 aliphatic carbocycles. The van der Waals surface area contributed by atoms with E-state index in [-0.39, 0.29) is 29.4 Å². The summed E-state index contributed by atoms with van der Waals surface area (Å²) in [7, 11) is 1.21. The maximum absolute atomic E-state index is 11.5. The van der Waals surface area contributed by atoms with Crippen LogP contribution in [0.3, 0.4) is 0 Å². The zero-order valence-electron chi connectivity index (χ0n) is 10.1. The van der Waals surface area contributed by atoms with Crippen molar-refractivity contribution in [2.75, 3.05) is 24.9 Å². The number of anilines is 1. The second-order valence-corrected chi connectivity index (χ2v) is 3.98. The zero-order chi connectivity index (χ0) is 14.4. The lowest BCUT2D eigenvalue weighted by molar-refractivity contribution is -0.384. The number of hydrogen-bond donors (Lipinski definition) is 2. The Morgan fingerprint density at radius 1 is 1.63 bits per heavy atom. The summed E-state index contributed by atoms with van der Waals surface area (Å²) in [5.41, 5.74) is 0.190. The minimum atomic E-state index is -0.827. The second-order valence-electron chi connectivity index (χ2n) is 3.67. The maximum atomic E-state index is 11.5. The number of carbonyl (C=O) groups is 1. The van der Waals surface area contributed by atoms with Gasteiger partial charge in [-0.05, 0) is 6.07 Å². The van der Waals surface area contributed by atoms with E-state index in [4.69, 9.17) is 11.6 Å². The van der Waals surface area contributed by atoms with Gasteiger partial charge in [0.05, 0.1) is 35.3 Å². The highest BCUT2D eigenvalue weighted by Gasteiger charge is 2.17. The number of esters is 1. The summed E-state index contributed by atoms with van der Waals surface area (Å²) in [6.45, 7) is 0.0641. The molecule has 0 spiro atoms. The minimum absolute atomic E-state index is 0.00941. The largest absolute Gasteiger partial charge is 0.465 e. The number of ether oxygens (including phenoxy) is 1. The van der Waals surface area contributed by atoms with Gasteiger partial charge >= 0.3 is 5.97 Å². The van der Waals surface area contributed by atoms with Crippen LogP contribution in [0.25, 0.3) is 0 Å². The van der Waals surface area contributed by atoms with Gasteiger partial charge < -0.3 is 15.2 Å². The first-order valence-electron chi connectivity index (χ1n) is 5.34. The molecule has 19 heavy (non-hydrogen) atoms. The van der Waals surface area contributed by atoms with Crippen LogP contribution in [0, 0.1) is 10.1 Å². The van der Waals surface area contributed by atoms with Gasteiger partial charge in [0.2, 0.25) is 0 Å². The third-order valence-corrected chi connectivity index (χ3v) is 2.68. The number of halogens is 1. The Morgan fingerprint density at radius 2 is 2.32 bits per heavy atom. The summed E-state index contributed by atoms with van der Waals surface area (Å²) in [6, 6.07) is 3.70. The number of carbonyl (C=O) groups excluding carboxylic acids is 1. The molecule has 1 atom stereocenters. The van der Waals surface area contributed by atoms with Crippen LogP contribution in [-0.2, 0) is 4.74 Å². The number of non-ortho nitro benzene ring substituents is 1. The molecule has 0 radical (unpaired) electrons. The molecule has 0 amide bonds. The number of aliphatic hydroxyl groups excluding tert-OH is 1. The van der Waals surface area contributed by atoms with Gasteiger partial charge in [-0.2, -0.15) is 0 Å². The molecular weight excluding hydrogens is 276 g/mol. The van der Waals surface area contributed by atoms with Gasteiger partial charge in [0.15, 0.2) is 0 Å². The number of aliphatic hydroxyl groups is 1. The number of nitrogens with one attached hydrogen (secondary N) is 1. The van der Waals surface area contributed by atoms with Crippen molar-refractivity contribution in [3.05, 3.63) is 33.9 Å². The van der Waals surface area contributed by atoms with Crippen molar-refractivity contribution >= 4 is 28.9 Å².